The van der Waals surface area contributed by atoms with Crippen molar-refractivity contribution in [3.63, 3.8) is 0 Å². The van der Waals surface area contributed by atoms with Crippen molar-refractivity contribution in [2.75, 3.05) is 25.1 Å². The molecule has 1 fully saturated rings. The van der Waals surface area contributed by atoms with Gasteiger partial charge < -0.3 is 15.4 Å². The number of carbonyl (C=O) groups excluding carboxylic acids is 1. The Hall–Kier alpha value is -1.89. The van der Waals surface area contributed by atoms with Crippen molar-refractivity contribution in [3.8, 4) is 5.69 Å². The van der Waals surface area contributed by atoms with Crippen LogP contribution >= 0.6 is 12.4 Å². The number of hydrogen-bond donors (Lipinski definition) is 2. The summed E-state index contributed by atoms with van der Waals surface area (Å²) < 4.78 is 6.99. The Morgan fingerprint density at radius 1 is 1.38 bits per heavy atom. The topological polar surface area (TPSA) is 68.2 Å². The van der Waals surface area contributed by atoms with E-state index in [0.717, 1.165) is 5.69 Å². The minimum absolute atomic E-state index is 0. The van der Waals surface area contributed by atoms with Crippen molar-refractivity contribution >= 4 is 24.0 Å². The van der Waals surface area contributed by atoms with Gasteiger partial charge in [-0.15, -0.1) is 12.4 Å². The molecule has 3 rings (SSSR count). The van der Waals surface area contributed by atoms with Gasteiger partial charge in [-0.2, -0.15) is 5.10 Å². The van der Waals surface area contributed by atoms with Crippen LogP contribution in [0.15, 0.2) is 42.7 Å². The van der Waals surface area contributed by atoms with E-state index in [1.165, 1.54) is 0 Å². The number of carbonyl (C=O) groups is 1. The van der Waals surface area contributed by atoms with Crippen molar-refractivity contribution < 1.29 is 9.53 Å². The summed E-state index contributed by atoms with van der Waals surface area (Å²) in [6.45, 7) is 1.75. The maximum absolute atomic E-state index is 12.0. The molecule has 0 radical (unpaired) electrons. The van der Waals surface area contributed by atoms with Crippen molar-refractivity contribution in [2.45, 2.75) is 6.04 Å². The van der Waals surface area contributed by atoms with Gasteiger partial charge in [0.15, 0.2) is 0 Å². The highest BCUT2D eigenvalue weighted by Gasteiger charge is 2.21. The van der Waals surface area contributed by atoms with Gasteiger partial charge >= 0.3 is 0 Å². The molecule has 2 aromatic rings. The standard InChI is InChI=1S/C14H16N4O2.ClH/c19-14(13-10-20-7-6-15-13)17-11-8-16-18(9-11)12-4-2-1-3-5-12;/h1-5,8-9,13,15H,6-7,10H2,(H,17,19);1H. The van der Waals surface area contributed by atoms with Crippen LogP contribution < -0.4 is 10.6 Å². The van der Waals surface area contributed by atoms with E-state index in [0.29, 0.717) is 25.4 Å². The Labute approximate surface area is 128 Å². The predicted octanol–water partition coefficient (Wildman–Crippen LogP) is 1.22. The Morgan fingerprint density at radius 2 is 2.19 bits per heavy atom. The van der Waals surface area contributed by atoms with Crippen LogP contribution in [0.3, 0.4) is 0 Å². The zero-order chi connectivity index (χ0) is 13.8. The van der Waals surface area contributed by atoms with Crippen molar-refractivity contribution in [1.29, 1.82) is 0 Å². The Morgan fingerprint density at radius 3 is 2.90 bits per heavy atom. The molecule has 1 aromatic carbocycles. The van der Waals surface area contributed by atoms with Crippen LogP contribution in [0, 0.1) is 0 Å². The molecule has 1 atom stereocenters. The lowest BCUT2D eigenvalue weighted by Gasteiger charge is -2.22. The highest BCUT2D eigenvalue weighted by molar-refractivity contribution is 5.94. The number of rotatable bonds is 3. The van der Waals surface area contributed by atoms with Gasteiger partial charge in [0.25, 0.3) is 0 Å². The number of hydrogen-bond acceptors (Lipinski definition) is 4. The van der Waals surface area contributed by atoms with E-state index in [9.17, 15) is 4.79 Å². The molecule has 6 nitrogen and oxygen atoms in total. The molecule has 1 saturated heterocycles. The highest BCUT2D eigenvalue weighted by Crippen LogP contribution is 2.11. The fourth-order valence-electron chi connectivity index (χ4n) is 2.07. The summed E-state index contributed by atoms with van der Waals surface area (Å²) in [6, 6.07) is 9.44. The largest absolute Gasteiger partial charge is 0.378 e. The van der Waals surface area contributed by atoms with Crippen LogP contribution in [0.2, 0.25) is 0 Å². The summed E-state index contributed by atoms with van der Waals surface area (Å²) in [7, 11) is 0. The lowest BCUT2D eigenvalue weighted by atomic mass is 10.2. The number of ether oxygens (including phenoxy) is 1. The van der Waals surface area contributed by atoms with E-state index in [4.69, 9.17) is 4.74 Å². The monoisotopic (exact) mass is 308 g/mol. The van der Waals surface area contributed by atoms with Crippen LogP contribution in [0.5, 0.6) is 0 Å². The summed E-state index contributed by atoms with van der Waals surface area (Å²) in [5.41, 5.74) is 1.62. The van der Waals surface area contributed by atoms with Crippen molar-refractivity contribution in [2.24, 2.45) is 0 Å². The first kappa shape index (κ1) is 15.5. The average Bonchev–Trinajstić information content (AvgIpc) is 2.97. The highest BCUT2D eigenvalue weighted by atomic mass is 35.5. The van der Waals surface area contributed by atoms with Gasteiger partial charge in [-0.3, -0.25) is 4.79 Å². The zero-order valence-electron chi connectivity index (χ0n) is 11.4. The minimum Gasteiger partial charge on any atom is -0.378 e. The zero-order valence-corrected chi connectivity index (χ0v) is 12.2. The Kier molecular flexibility index (Phi) is 5.32. The fourth-order valence-corrected chi connectivity index (χ4v) is 2.07. The van der Waals surface area contributed by atoms with Crippen LogP contribution in [-0.2, 0) is 9.53 Å². The third-order valence-electron chi connectivity index (χ3n) is 3.11. The first-order valence-electron chi connectivity index (χ1n) is 6.55. The number of benzene rings is 1. The molecule has 0 aliphatic carbocycles. The first-order chi connectivity index (χ1) is 9.83. The third kappa shape index (κ3) is 3.81. The number of para-hydroxylation sites is 1. The Bertz CT molecular complexity index is 582. The lowest BCUT2D eigenvalue weighted by molar-refractivity contribution is -0.120. The molecule has 1 aromatic heterocycles. The lowest BCUT2D eigenvalue weighted by Crippen LogP contribution is -2.48. The third-order valence-corrected chi connectivity index (χ3v) is 3.11. The second-order valence-corrected chi connectivity index (χ2v) is 4.58. The predicted molar refractivity (Wildman–Crippen MR) is 82.1 cm³/mol. The molecule has 2 N–H and O–H groups in total. The summed E-state index contributed by atoms with van der Waals surface area (Å²) in [4.78, 5) is 12.0. The normalized spacial score (nSPS) is 17.8. The van der Waals surface area contributed by atoms with Gasteiger partial charge in [0.2, 0.25) is 5.91 Å². The second kappa shape index (κ2) is 7.21. The molecule has 1 aliphatic heterocycles. The summed E-state index contributed by atoms with van der Waals surface area (Å²) in [5, 5.41) is 10.2. The van der Waals surface area contributed by atoms with Crippen molar-refractivity contribution in [3.05, 3.63) is 42.7 Å². The van der Waals surface area contributed by atoms with Crippen molar-refractivity contribution in [1.82, 2.24) is 15.1 Å². The van der Waals surface area contributed by atoms with Gasteiger partial charge in [0.05, 0.1) is 37.0 Å². The molecule has 1 aliphatic rings. The van der Waals surface area contributed by atoms with E-state index in [2.05, 4.69) is 15.7 Å². The quantitative estimate of drug-likeness (QED) is 0.894. The molecule has 2 heterocycles. The van der Waals surface area contributed by atoms with E-state index in [1.807, 2.05) is 30.3 Å². The maximum Gasteiger partial charge on any atom is 0.243 e. The van der Waals surface area contributed by atoms with Gasteiger partial charge in [-0.05, 0) is 12.1 Å². The SMILES string of the molecule is Cl.O=C(Nc1cnn(-c2ccccc2)c1)C1COCCN1. The second-order valence-electron chi connectivity index (χ2n) is 4.58. The van der Waals surface area contributed by atoms with Crippen LogP contribution in [0.4, 0.5) is 5.69 Å². The average molecular weight is 309 g/mol. The number of aromatic nitrogens is 2. The minimum atomic E-state index is -0.302. The van der Waals surface area contributed by atoms with E-state index >= 15 is 0 Å². The van der Waals surface area contributed by atoms with Crippen LogP contribution in [0.1, 0.15) is 0 Å². The summed E-state index contributed by atoms with van der Waals surface area (Å²) in [5.74, 6) is -0.0997. The number of nitrogens with one attached hydrogen (secondary N) is 2. The molecule has 7 heteroatoms. The maximum atomic E-state index is 12.0. The molecule has 1 amide bonds. The molecular formula is C14H17ClN4O2. The molecule has 0 bridgehead atoms. The van der Waals surface area contributed by atoms with Crippen LogP contribution in [-0.4, -0.2) is 41.5 Å². The molecule has 1 unspecified atom stereocenters. The first-order valence-corrected chi connectivity index (χ1v) is 6.55. The molecule has 0 saturated carbocycles. The van der Waals surface area contributed by atoms with Gasteiger partial charge in [-0.25, -0.2) is 4.68 Å². The van der Waals surface area contributed by atoms with Gasteiger partial charge in [0.1, 0.15) is 6.04 Å². The molecular weight excluding hydrogens is 292 g/mol. The number of morpholine rings is 1. The van der Waals surface area contributed by atoms with Crippen LogP contribution in [0.25, 0.3) is 5.69 Å². The summed E-state index contributed by atoms with van der Waals surface area (Å²) in [6.07, 6.45) is 3.42. The smallest absolute Gasteiger partial charge is 0.243 e. The molecule has 21 heavy (non-hydrogen) atoms. The Balaban J connectivity index is 0.00000161. The van der Waals surface area contributed by atoms with Gasteiger partial charge in [-0.1, -0.05) is 18.2 Å². The number of halogens is 1. The number of amides is 1. The van der Waals surface area contributed by atoms with E-state index in [1.54, 1.807) is 17.1 Å². The molecule has 112 valence electrons. The fraction of sp³-hybridized carbons (Fsp3) is 0.286. The van der Waals surface area contributed by atoms with E-state index in [-0.39, 0.29) is 24.4 Å². The number of anilines is 1. The van der Waals surface area contributed by atoms with E-state index < -0.39 is 0 Å². The summed E-state index contributed by atoms with van der Waals surface area (Å²) >= 11 is 0. The molecule has 0 spiro atoms. The van der Waals surface area contributed by atoms with Gasteiger partial charge in [0, 0.05) is 6.54 Å². The number of nitrogens with zero attached hydrogens (tertiary/aromatic N) is 2.